The molecule has 0 radical (unpaired) electrons. The zero-order valence-electron chi connectivity index (χ0n) is 8.40. The lowest BCUT2D eigenvalue weighted by Gasteiger charge is -2.19. The maximum atomic E-state index is 13.4. The van der Waals surface area contributed by atoms with Gasteiger partial charge < -0.3 is 0 Å². The first-order valence-electron chi connectivity index (χ1n) is 4.74. The van der Waals surface area contributed by atoms with E-state index in [-0.39, 0.29) is 5.69 Å². The average molecular weight is 220 g/mol. The van der Waals surface area contributed by atoms with Gasteiger partial charge in [-0.15, -0.1) is 0 Å². The second kappa shape index (κ2) is 4.28. The molecule has 2 N–H and O–H groups in total. The van der Waals surface area contributed by atoms with Gasteiger partial charge in [0, 0.05) is 0 Å². The summed E-state index contributed by atoms with van der Waals surface area (Å²) >= 11 is 0. The molecule has 0 fully saturated rings. The van der Waals surface area contributed by atoms with Gasteiger partial charge in [-0.3, -0.25) is 5.01 Å². The first kappa shape index (κ1) is 10.6. The number of benzene rings is 2. The van der Waals surface area contributed by atoms with E-state index in [4.69, 9.17) is 5.84 Å². The average Bonchev–Trinajstić information content (AvgIpc) is 2.30. The van der Waals surface area contributed by atoms with Crippen molar-refractivity contribution in [2.24, 2.45) is 5.84 Å². The van der Waals surface area contributed by atoms with E-state index in [2.05, 4.69) is 0 Å². The van der Waals surface area contributed by atoms with Gasteiger partial charge in [0.15, 0.2) is 11.6 Å². The Balaban J connectivity index is 2.46. The highest BCUT2D eigenvalue weighted by Crippen LogP contribution is 2.26. The summed E-state index contributed by atoms with van der Waals surface area (Å²) in [5, 5.41) is 0.991. The van der Waals surface area contributed by atoms with Crippen molar-refractivity contribution >= 4 is 11.4 Å². The van der Waals surface area contributed by atoms with Crippen LogP contribution in [0.25, 0.3) is 0 Å². The van der Waals surface area contributed by atoms with E-state index >= 15 is 0 Å². The van der Waals surface area contributed by atoms with Crippen LogP contribution in [0.3, 0.4) is 0 Å². The number of rotatable bonds is 2. The van der Waals surface area contributed by atoms with Gasteiger partial charge in [-0.05, 0) is 24.3 Å². The summed E-state index contributed by atoms with van der Waals surface area (Å²) in [6.07, 6.45) is 0. The van der Waals surface area contributed by atoms with Crippen molar-refractivity contribution in [2.75, 3.05) is 5.01 Å². The Labute approximate surface area is 91.9 Å². The Kier molecular flexibility index (Phi) is 2.83. The SMILES string of the molecule is NN(c1ccccc1)c1c(F)cccc1F. The zero-order valence-corrected chi connectivity index (χ0v) is 8.40. The van der Waals surface area contributed by atoms with Gasteiger partial charge in [0.05, 0.1) is 5.69 Å². The molecule has 2 nitrogen and oxygen atoms in total. The van der Waals surface area contributed by atoms with Crippen molar-refractivity contribution in [1.82, 2.24) is 0 Å². The number of hydrogen-bond donors (Lipinski definition) is 1. The van der Waals surface area contributed by atoms with Crippen LogP contribution in [-0.4, -0.2) is 0 Å². The Morgan fingerprint density at radius 1 is 0.812 bits per heavy atom. The molecule has 0 spiro atoms. The number of hydrogen-bond acceptors (Lipinski definition) is 2. The number of para-hydroxylation sites is 2. The highest BCUT2D eigenvalue weighted by atomic mass is 19.1. The van der Waals surface area contributed by atoms with Crippen LogP contribution in [0, 0.1) is 11.6 Å². The number of nitrogens with two attached hydrogens (primary N) is 1. The molecule has 0 amide bonds. The molecule has 0 heterocycles. The Hall–Kier alpha value is -1.94. The van der Waals surface area contributed by atoms with Crippen LogP contribution >= 0.6 is 0 Å². The highest BCUT2D eigenvalue weighted by molar-refractivity contribution is 5.62. The maximum Gasteiger partial charge on any atom is 0.151 e. The third-order valence-electron chi connectivity index (χ3n) is 2.21. The molecule has 2 aromatic rings. The van der Waals surface area contributed by atoms with Gasteiger partial charge in [0.1, 0.15) is 5.69 Å². The zero-order chi connectivity index (χ0) is 11.5. The summed E-state index contributed by atoms with van der Waals surface area (Å²) < 4.78 is 26.8. The second-order valence-electron chi connectivity index (χ2n) is 3.28. The van der Waals surface area contributed by atoms with E-state index in [0.717, 1.165) is 5.01 Å². The highest BCUT2D eigenvalue weighted by Gasteiger charge is 2.14. The van der Waals surface area contributed by atoms with Crippen molar-refractivity contribution in [3.05, 3.63) is 60.2 Å². The minimum absolute atomic E-state index is 0.256. The van der Waals surface area contributed by atoms with E-state index in [0.29, 0.717) is 5.69 Å². The standard InChI is InChI=1S/C12H10F2N2/c13-10-7-4-8-11(14)12(10)16(15)9-5-2-1-3-6-9/h1-8H,15H2. The van der Waals surface area contributed by atoms with Crippen LogP contribution in [0.5, 0.6) is 0 Å². The second-order valence-corrected chi connectivity index (χ2v) is 3.28. The lowest BCUT2D eigenvalue weighted by molar-refractivity contribution is 0.581. The third-order valence-corrected chi connectivity index (χ3v) is 2.21. The van der Waals surface area contributed by atoms with E-state index in [9.17, 15) is 8.78 Å². The Morgan fingerprint density at radius 2 is 1.38 bits per heavy atom. The van der Waals surface area contributed by atoms with Gasteiger partial charge in [-0.2, -0.15) is 0 Å². The summed E-state index contributed by atoms with van der Waals surface area (Å²) in [5.41, 5.74) is 0.264. The summed E-state index contributed by atoms with van der Waals surface area (Å²) in [6.45, 7) is 0. The van der Waals surface area contributed by atoms with Gasteiger partial charge in [0.2, 0.25) is 0 Å². The molecule has 0 aliphatic carbocycles. The number of nitrogens with zero attached hydrogens (tertiary/aromatic N) is 1. The minimum atomic E-state index is -0.689. The van der Waals surface area contributed by atoms with Crippen LogP contribution in [0.1, 0.15) is 0 Å². The first-order valence-corrected chi connectivity index (χ1v) is 4.74. The molecule has 2 aromatic carbocycles. The predicted molar refractivity (Wildman–Crippen MR) is 59.1 cm³/mol. The van der Waals surface area contributed by atoms with E-state index < -0.39 is 11.6 Å². The smallest absolute Gasteiger partial charge is 0.151 e. The predicted octanol–water partition coefficient (Wildman–Crippen LogP) is 2.98. The molecule has 0 unspecified atom stereocenters. The topological polar surface area (TPSA) is 29.3 Å². The molecule has 82 valence electrons. The lowest BCUT2D eigenvalue weighted by atomic mass is 10.2. The molecule has 0 aliphatic rings. The van der Waals surface area contributed by atoms with Gasteiger partial charge in [-0.25, -0.2) is 14.6 Å². The molecule has 0 bridgehead atoms. The summed E-state index contributed by atoms with van der Waals surface area (Å²) in [6, 6.07) is 12.3. The largest absolute Gasteiger partial charge is 0.274 e. The lowest BCUT2D eigenvalue weighted by Crippen LogP contribution is -2.26. The van der Waals surface area contributed by atoms with Gasteiger partial charge in [-0.1, -0.05) is 24.3 Å². The summed E-state index contributed by atoms with van der Waals surface area (Å²) in [5.74, 6) is 4.29. The monoisotopic (exact) mass is 220 g/mol. The molecule has 0 saturated carbocycles. The van der Waals surface area contributed by atoms with Crippen molar-refractivity contribution in [2.45, 2.75) is 0 Å². The van der Waals surface area contributed by atoms with Gasteiger partial charge >= 0.3 is 0 Å². The Morgan fingerprint density at radius 3 is 1.94 bits per heavy atom. The van der Waals surface area contributed by atoms with Crippen molar-refractivity contribution in [3.8, 4) is 0 Å². The summed E-state index contributed by atoms with van der Waals surface area (Å²) in [7, 11) is 0. The molecule has 2 rings (SSSR count). The van der Waals surface area contributed by atoms with E-state index in [1.807, 2.05) is 0 Å². The molecule has 0 saturated heterocycles. The first-order chi connectivity index (χ1) is 7.70. The fourth-order valence-electron chi connectivity index (χ4n) is 1.44. The number of halogens is 2. The molecular formula is C12H10F2N2. The third kappa shape index (κ3) is 1.87. The molecule has 16 heavy (non-hydrogen) atoms. The van der Waals surface area contributed by atoms with Crippen LogP contribution < -0.4 is 10.9 Å². The molecule has 4 heteroatoms. The van der Waals surface area contributed by atoms with E-state index in [1.54, 1.807) is 30.3 Å². The van der Waals surface area contributed by atoms with Gasteiger partial charge in [0.25, 0.3) is 0 Å². The molecular weight excluding hydrogens is 210 g/mol. The molecule has 0 aromatic heterocycles. The van der Waals surface area contributed by atoms with Crippen LogP contribution in [0.4, 0.5) is 20.2 Å². The fourth-order valence-corrected chi connectivity index (χ4v) is 1.44. The number of hydrazine groups is 1. The van der Waals surface area contributed by atoms with Crippen molar-refractivity contribution < 1.29 is 8.78 Å². The molecule has 0 aliphatic heterocycles. The number of anilines is 2. The maximum absolute atomic E-state index is 13.4. The van der Waals surface area contributed by atoms with Crippen LogP contribution in [-0.2, 0) is 0 Å². The summed E-state index contributed by atoms with van der Waals surface area (Å²) in [4.78, 5) is 0. The van der Waals surface area contributed by atoms with E-state index in [1.165, 1.54) is 18.2 Å². The Bertz CT molecular complexity index is 465. The van der Waals surface area contributed by atoms with Crippen molar-refractivity contribution in [1.29, 1.82) is 0 Å². The minimum Gasteiger partial charge on any atom is -0.274 e. The fraction of sp³-hybridized carbons (Fsp3) is 0. The normalized spacial score (nSPS) is 10.2. The molecule has 0 atom stereocenters. The van der Waals surface area contributed by atoms with Crippen molar-refractivity contribution in [3.63, 3.8) is 0 Å². The van der Waals surface area contributed by atoms with Crippen LogP contribution in [0.2, 0.25) is 0 Å². The van der Waals surface area contributed by atoms with Crippen LogP contribution in [0.15, 0.2) is 48.5 Å². The quantitative estimate of drug-likeness (QED) is 0.622.